The Bertz CT molecular complexity index is 151. The third-order valence-corrected chi connectivity index (χ3v) is 3.51. The van der Waals surface area contributed by atoms with Crippen LogP contribution in [0.5, 0.6) is 0 Å². The summed E-state index contributed by atoms with van der Waals surface area (Å²) in [5, 5.41) is 13.9. The summed E-state index contributed by atoms with van der Waals surface area (Å²) in [7, 11) is 4.00. The highest BCUT2D eigenvalue weighted by molar-refractivity contribution is 9.09. The fourth-order valence-corrected chi connectivity index (χ4v) is 1.81. The van der Waals surface area contributed by atoms with Crippen LogP contribution in [-0.2, 0) is 0 Å². The summed E-state index contributed by atoms with van der Waals surface area (Å²) in [6.45, 7) is 3.39. The molecule has 1 N–H and O–H groups in total. The van der Waals surface area contributed by atoms with E-state index in [0.29, 0.717) is 6.54 Å². The average Bonchev–Trinajstić information content (AvgIpc) is 1.83. The van der Waals surface area contributed by atoms with Crippen LogP contribution >= 0.6 is 15.9 Å². The number of likely N-dealkylation sites (N-methyl/N-ethyl adjacent to an activating group) is 1. The Kier molecular flexibility index (Phi) is 2.59. The van der Waals surface area contributed by atoms with Crippen molar-refractivity contribution in [3.8, 4) is 0 Å². The van der Waals surface area contributed by atoms with Gasteiger partial charge in [0.2, 0.25) is 0 Å². The lowest BCUT2D eigenvalue weighted by Gasteiger charge is -2.44. The highest BCUT2D eigenvalue weighted by atomic mass is 79.9. The third-order valence-electron chi connectivity index (χ3n) is 2.23. The van der Waals surface area contributed by atoms with Gasteiger partial charge in [0.1, 0.15) is 0 Å². The SMILES string of the molecule is CN1C[C@H](Br)[C@@](C)(O)CN1C. The molecule has 0 aromatic carbocycles. The number of aliphatic hydroxyl groups is 1. The summed E-state index contributed by atoms with van der Waals surface area (Å²) in [5.41, 5.74) is -0.610. The van der Waals surface area contributed by atoms with E-state index in [-0.39, 0.29) is 4.83 Å². The molecule has 0 aromatic rings. The minimum Gasteiger partial charge on any atom is -0.388 e. The minimum atomic E-state index is -0.610. The second kappa shape index (κ2) is 3.01. The maximum absolute atomic E-state index is 9.82. The molecule has 0 unspecified atom stereocenters. The number of hydrogen-bond donors (Lipinski definition) is 1. The first-order chi connectivity index (χ1) is 4.93. The van der Waals surface area contributed by atoms with Crippen molar-refractivity contribution in [3.63, 3.8) is 0 Å². The van der Waals surface area contributed by atoms with Crippen molar-refractivity contribution < 1.29 is 5.11 Å². The molecule has 3 nitrogen and oxygen atoms in total. The zero-order valence-corrected chi connectivity index (χ0v) is 8.80. The lowest BCUT2D eigenvalue weighted by molar-refractivity contribution is -0.0984. The normalized spacial score (nSPS) is 42.8. The van der Waals surface area contributed by atoms with Crippen molar-refractivity contribution in [1.82, 2.24) is 10.0 Å². The molecule has 1 saturated heterocycles. The summed E-state index contributed by atoms with van der Waals surface area (Å²) in [5.74, 6) is 0. The molecule has 0 radical (unpaired) electrons. The molecule has 4 heteroatoms. The van der Waals surface area contributed by atoms with Gasteiger partial charge in [-0.05, 0) is 6.92 Å². The van der Waals surface area contributed by atoms with Crippen LogP contribution in [0.25, 0.3) is 0 Å². The summed E-state index contributed by atoms with van der Waals surface area (Å²) in [4.78, 5) is 0.163. The monoisotopic (exact) mass is 222 g/mol. The Balaban J connectivity index is 2.63. The molecule has 1 rings (SSSR count). The first kappa shape index (κ1) is 9.45. The molecule has 0 spiro atoms. The van der Waals surface area contributed by atoms with Crippen LogP contribution in [0.1, 0.15) is 6.92 Å². The van der Waals surface area contributed by atoms with Crippen LogP contribution in [0.3, 0.4) is 0 Å². The smallest absolute Gasteiger partial charge is 0.0897 e. The summed E-state index contributed by atoms with van der Waals surface area (Å²) in [6.07, 6.45) is 0. The molecule has 1 fully saturated rings. The van der Waals surface area contributed by atoms with Gasteiger partial charge in [-0.25, -0.2) is 10.0 Å². The van der Waals surface area contributed by atoms with Gasteiger partial charge in [0.05, 0.1) is 10.4 Å². The number of halogens is 1. The van der Waals surface area contributed by atoms with Crippen molar-refractivity contribution in [2.75, 3.05) is 27.2 Å². The Morgan fingerprint density at radius 1 is 1.45 bits per heavy atom. The molecule has 11 heavy (non-hydrogen) atoms. The molecular weight excluding hydrogens is 208 g/mol. The zero-order valence-electron chi connectivity index (χ0n) is 7.21. The van der Waals surface area contributed by atoms with Gasteiger partial charge in [0, 0.05) is 27.2 Å². The molecule has 1 heterocycles. The van der Waals surface area contributed by atoms with Crippen molar-refractivity contribution >= 4 is 15.9 Å². The molecule has 0 bridgehead atoms. The molecule has 2 atom stereocenters. The minimum absolute atomic E-state index is 0.163. The molecular formula is C7H15BrN2O. The number of nitrogens with zero attached hydrogens (tertiary/aromatic N) is 2. The number of β-amino-alcohol motifs (C(OH)–C–C–N with tert-alkyl or cyclic N) is 1. The van der Waals surface area contributed by atoms with E-state index in [9.17, 15) is 5.11 Å². The molecule has 0 aliphatic carbocycles. The van der Waals surface area contributed by atoms with Gasteiger partial charge in [0.15, 0.2) is 0 Å². The summed E-state index contributed by atoms with van der Waals surface area (Å²) in [6, 6.07) is 0. The number of rotatable bonds is 0. The van der Waals surface area contributed by atoms with E-state index in [2.05, 4.69) is 20.9 Å². The van der Waals surface area contributed by atoms with Gasteiger partial charge < -0.3 is 5.11 Å². The van der Waals surface area contributed by atoms with Crippen LogP contribution in [0.15, 0.2) is 0 Å². The molecule has 66 valence electrons. The number of alkyl halides is 1. The van der Waals surface area contributed by atoms with Crippen molar-refractivity contribution in [3.05, 3.63) is 0 Å². The molecule has 0 aromatic heterocycles. The zero-order chi connectivity index (χ0) is 8.65. The lowest BCUT2D eigenvalue weighted by Crippen LogP contribution is -2.59. The molecule has 0 saturated carbocycles. The lowest BCUT2D eigenvalue weighted by atomic mass is 10.0. The van der Waals surface area contributed by atoms with Gasteiger partial charge in [0.25, 0.3) is 0 Å². The topological polar surface area (TPSA) is 26.7 Å². The van der Waals surface area contributed by atoms with Crippen molar-refractivity contribution in [2.24, 2.45) is 0 Å². The van der Waals surface area contributed by atoms with Gasteiger partial charge in [-0.15, -0.1) is 0 Å². The second-order valence-corrected chi connectivity index (χ2v) is 4.59. The highest BCUT2D eigenvalue weighted by Gasteiger charge is 2.37. The van der Waals surface area contributed by atoms with Crippen LogP contribution in [0, 0.1) is 0 Å². The second-order valence-electron chi connectivity index (χ2n) is 3.48. The predicted molar refractivity (Wildman–Crippen MR) is 48.6 cm³/mol. The first-order valence-corrected chi connectivity index (χ1v) is 4.63. The van der Waals surface area contributed by atoms with E-state index in [0.717, 1.165) is 6.54 Å². The average molecular weight is 223 g/mol. The largest absolute Gasteiger partial charge is 0.388 e. The van der Waals surface area contributed by atoms with Gasteiger partial charge in [-0.3, -0.25) is 0 Å². The quantitative estimate of drug-likeness (QED) is 0.598. The van der Waals surface area contributed by atoms with Crippen molar-refractivity contribution in [2.45, 2.75) is 17.4 Å². The van der Waals surface area contributed by atoms with Crippen LogP contribution in [0.2, 0.25) is 0 Å². The molecule has 1 aliphatic heterocycles. The van der Waals surface area contributed by atoms with Gasteiger partial charge in [-0.2, -0.15) is 0 Å². The maximum atomic E-state index is 9.82. The van der Waals surface area contributed by atoms with Gasteiger partial charge in [-0.1, -0.05) is 15.9 Å². The standard InChI is InChI=1S/C7H15BrN2O/c1-7(11)5-10(3)9(2)4-6(7)8/h6,11H,4-5H2,1-3H3/t6-,7-/m0/s1. The highest BCUT2D eigenvalue weighted by Crippen LogP contribution is 2.24. The third kappa shape index (κ3) is 1.93. The Labute approximate surface area is 76.1 Å². The van der Waals surface area contributed by atoms with E-state index in [1.54, 1.807) is 0 Å². The Morgan fingerprint density at radius 2 is 2.00 bits per heavy atom. The van der Waals surface area contributed by atoms with E-state index >= 15 is 0 Å². The fourth-order valence-electron chi connectivity index (χ4n) is 1.25. The van der Waals surface area contributed by atoms with Crippen LogP contribution in [0.4, 0.5) is 0 Å². The first-order valence-electron chi connectivity index (χ1n) is 3.72. The van der Waals surface area contributed by atoms with E-state index < -0.39 is 5.60 Å². The Hall–Kier alpha value is 0.360. The van der Waals surface area contributed by atoms with Gasteiger partial charge >= 0.3 is 0 Å². The number of hydrazine groups is 1. The van der Waals surface area contributed by atoms with E-state index in [1.165, 1.54) is 0 Å². The van der Waals surface area contributed by atoms with Crippen LogP contribution in [-0.4, -0.2) is 52.7 Å². The van der Waals surface area contributed by atoms with Crippen molar-refractivity contribution in [1.29, 1.82) is 0 Å². The fraction of sp³-hybridized carbons (Fsp3) is 1.00. The molecule has 0 amide bonds. The van der Waals surface area contributed by atoms with Crippen LogP contribution < -0.4 is 0 Å². The predicted octanol–water partition coefficient (Wildman–Crippen LogP) is 0.293. The number of hydrogen-bond acceptors (Lipinski definition) is 3. The maximum Gasteiger partial charge on any atom is 0.0897 e. The summed E-state index contributed by atoms with van der Waals surface area (Å²) >= 11 is 3.46. The van der Waals surface area contributed by atoms with E-state index in [4.69, 9.17) is 0 Å². The molecule has 1 aliphatic rings. The Morgan fingerprint density at radius 3 is 2.45 bits per heavy atom. The summed E-state index contributed by atoms with van der Waals surface area (Å²) < 4.78 is 0. The van der Waals surface area contributed by atoms with E-state index in [1.807, 2.05) is 26.0 Å².